The highest BCUT2D eigenvalue weighted by atomic mass is 19.4. The topological polar surface area (TPSA) is 34.9 Å². The third-order valence-corrected chi connectivity index (χ3v) is 1.41. The third-order valence-electron chi connectivity index (χ3n) is 1.41. The molecule has 1 aromatic heterocycles. The van der Waals surface area contributed by atoms with Gasteiger partial charge >= 0.3 is 6.30 Å². The van der Waals surface area contributed by atoms with Crippen LogP contribution in [-0.2, 0) is 6.30 Å². The molecule has 0 aromatic carbocycles. The molecule has 3 nitrogen and oxygen atoms in total. The quantitative estimate of drug-likeness (QED) is 0.610. The van der Waals surface area contributed by atoms with Gasteiger partial charge < -0.3 is 0 Å². The number of rotatable bonds is 1. The van der Waals surface area contributed by atoms with Crippen LogP contribution in [0.15, 0.2) is 6.20 Å². The van der Waals surface area contributed by atoms with E-state index in [1.165, 1.54) is 6.92 Å². The summed E-state index contributed by atoms with van der Waals surface area (Å²) in [7, 11) is 0. The first-order valence-electron chi connectivity index (χ1n) is 3.04. The lowest BCUT2D eigenvalue weighted by molar-refractivity contribution is -0.213. The van der Waals surface area contributed by atoms with Crippen LogP contribution in [0.1, 0.15) is 16.1 Å². The third kappa shape index (κ3) is 1.32. The summed E-state index contributed by atoms with van der Waals surface area (Å²) in [6.07, 6.45) is -3.33. The van der Waals surface area contributed by atoms with E-state index < -0.39 is 6.30 Å². The van der Waals surface area contributed by atoms with E-state index in [0.717, 1.165) is 6.20 Å². The smallest absolute Gasteiger partial charge is 0.298 e. The fourth-order valence-electron chi connectivity index (χ4n) is 0.794. The number of halogens is 3. The Bertz CT molecular complexity index is 302. The summed E-state index contributed by atoms with van der Waals surface area (Å²) in [5, 5.41) is 3.02. The van der Waals surface area contributed by atoms with Crippen LogP contribution in [0.4, 0.5) is 13.2 Å². The summed E-state index contributed by atoms with van der Waals surface area (Å²) >= 11 is 0. The van der Waals surface area contributed by atoms with Crippen molar-refractivity contribution >= 4 is 6.29 Å². The highest BCUT2D eigenvalue weighted by Crippen LogP contribution is 2.23. The van der Waals surface area contributed by atoms with Crippen molar-refractivity contribution in [1.82, 2.24) is 9.78 Å². The average molecular weight is 178 g/mol. The molecular formula is C6H5F3N2O. The minimum atomic E-state index is -4.55. The van der Waals surface area contributed by atoms with E-state index in [1.807, 2.05) is 0 Å². The van der Waals surface area contributed by atoms with Gasteiger partial charge in [0, 0.05) is 0 Å². The van der Waals surface area contributed by atoms with Crippen molar-refractivity contribution in [2.24, 2.45) is 0 Å². The molecule has 0 spiro atoms. The molecule has 1 aromatic rings. The zero-order valence-corrected chi connectivity index (χ0v) is 6.09. The van der Waals surface area contributed by atoms with Crippen molar-refractivity contribution in [3.63, 3.8) is 0 Å². The molecule has 0 aliphatic heterocycles. The van der Waals surface area contributed by atoms with Crippen molar-refractivity contribution in [1.29, 1.82) is 0 Å². The number of hydrogen-bond donors (Lipinski definition) is 0. The van der Waals surface area contributed by atoms with Crippen molar-refractivity contribution in [3.8, 4) is 0 Å². The molecule has 0 N–H and O–H groups in total. The number of aldehydes is 1. The minimum absolute atomic E-state index is 0.0488. The van der Waals surface area contributed by atoms with Crippen LogP contribution in [0, 0.1) is 6.92 Å². The van der Waals surface area contributed by atoms with E-state index in [0.29, 0.717) is 6.29 Å². The van der Waals surface area contributed by atoms with Crippen molar-refractivity contribution in [3.05, 3.63) is 17.5 Å². The molecule has 0 aliphatic carbocycles. The van der Waals surface area contributed by atoms with Gasteiger partial charge in [0.15, 0.2) is 6.29 Å². The maximum Gasteiger partial charge on any atom is 0.504 e. The van der Waals surface area contributed by atoms with Crippen molar-refractivity contribution in [2.75, 3.05) is 0 Å². The number of carbonyl (C=O) groups excluding carboxylic acids is 1. The fourth-order valence-corrected chi connectivity index (χ4v) is 0.794. The van der Waals surface area contributed by atoms with Gasteiger partial charge in [0.05, 0.1) is 17.5 Å². The van der Waals surface area contributed by atoms with E-state index >= 15 is 0 Å². The van der Waals surface area contributed by atoms with Crippen LogP contribution in [-0.4, -0.2) is 16.1 Å². The Morgan fingerprint density at radius 2 is 2.17 bits per heavy atom. The molecule has 0 atom stereocenters. The zero-order chi connectivity index (χ0) is 9.35. The lowest BCUT2D eigenvalue weighted by Crippen LogP contribution is -2.19. The lowest BCUT2D eigenvalue weighted by atomic mass is 10.3. The number of alkyl halides is 3. The maximum atomic E-state index is 12.0. The Morgan fingerprint density at radius 1 is 1.58 bits per heavy atom. The largest absolute Gasteiger partial charge is 0.504 e. The second kappa shape index (κ2) is 2.62. The SMILES string of the molecule is Cc1c(C=O)cnn1C(F)(F)F. The minimum Gasteiger partial charge on any atom is -0.298 e. The van der Waals surface area contributed by atoms with E-state index in [-0.39, 0.29) is 15.9 Å². The van der Waals surface area contributed by atoms with Gasteiger partial charge in [-0.25, -0.2) is 0 Å². The predicted molar refractivity (Wildman–Crippen MR) is 33.6 cm³/mol. The Hall–Kier alpha value is -1.33. The molecule has 0 radical (unpaired) electrons. The summed E-state index contributed by atoms with van der Waals surface area (Å²) in [5.41, 5.74) is -0.246. The molecule has 0 unspecified atom stereocenters. The van der Waals surface area contributed by atoms with E-state index in [2.05, 4.69) is 5.10 Å². The molecule has 1 heterocycles. The van der Waals surface area contributed by atoms with Crippen LogP contribution < -0.4 is 0 Å². The Balaban J connectivity index is 3.19. The normalized spacial score (nSPS) is 11.7. The fraction of sp³-hybridized carbons (Fsp3) is 0.333. The van der Waals surface area contributed by atoms with Crippen LogP contribution in [0.3, 0.4) is 0 Å². The number of carbonyl (C=O) groups is 1. The van der Waals surface area contributed by atoms with Gasteiger partial charge in [-0.3, -0.25) is 4.79 Å². The Labute approximate surface area is 65.8 Å². The summed E-state index contributed by atoms with van der Waals surface area (Å²) in [5.74, 6) is 0. The summed E-state index contributed by atoms with van der Waals surface area (Å²) in [6.45, 7) is 1.18. The molecule has 6 heteroatoms. The number of nitrogens with zero attached hydrogens (tertiary/aromatic N) is 2. The second-order valence-corrected chi connectivity index (χ2v) is 2.18. The van der Waals surface area contributed by atoms with Crippen molar-refractivity contribution in [2.45, 2.75) is 13.2 Å². The van der Waals surface area contributed by atoms with E-state index in [1.54, 1.807) is 0 Å². The molecule has 0 amide bonds. The van der Waals surface area contributed by atoms with Gasteiger partial charge in [-0.2, -0.15) is 9.78 Å². The summed E-state index contributed by atoms with van der Waals surface area (Å²) in [6, 6.07) is 0. The standard InChI is InChI=1S/C6H5F3N2O/c1-4-5(3-12)2-10-11(4)6(7,8)9/h2-3H,1H3. The molecular weight excluding hydrogens is 173 g/mol. The van der Waals surface area contributed by atoms with Gasteiger partial charge in [0.1, 0.15) is 0 Å². The molecule has 12 heavy (non-hydrogen) atoms. The van der Waals surface area contributed by atoms with Crippen LogP contribution in [0.2, 0.25) is 0 Å². The molecule has 66 valence electrons. The molecule has 0 bridgehead atoms. The first kappa shape index (κ1) is 8.76. The predicted octanol–water partition coefficient (Wildman–Crippen LogP) is 1.48. The van der Waals surface area contributed by atoms with Crippen LogP contribution in [0.25, 0.3) is 0 Å². The van der Waals surface area contributed by atoms with E-state index in [9.17, 15) is 18.0 Å². The monoisotopic (exact) mass is 178 g/mol. The van der Waals surface area contributed by atoms with Crippen molar-refractivity contribution < 1.29 is 18.0 Å². The Morgan fingerprint density at radius 3 is 2.42 bits per heavy atom. The van der Waals surface area contributed by atoms with Gasteiger partial charge in [0.2, 0.25) is 0 Å². The van der Waals surface area contributed by atoms with Gasteiger partial charge in [0.25, 0.3) is 0 Å². The first-order chi connectivity index (χ1) is 5.46. The number of hydrogen-bond acceptors (Lipinski definition) is 2. The lowest BCUT2D eigenvalue weighted by Gasteiger charge is -2.07. The second-order valence-electron chi connectivity index (χ2n) is 2.18. The van der Waals surface area contributed by atoms with E-state index in [4.69, 9.17) is 0 Å². The zero-order valence-electron chi connectivity index (χ0n) is 6.09. The average Bonchev–Trinajstić information content (AvgIpc) is 2.29. The molecule has 0 fully saturated rings. The Kier molecular flexibility index (Phi) is 1.91. The van der Waals surface area contributed by atoms with Gasteiger partial charge in [-0.1, -0.05) is 0 Å². The highest BCUT2D eigenvalue weighted by Gasteiger charge is 2.33. The van der Waals surface area contributed by atoms with Gasteiger partial charge in [-0.05, 0) is 6.92 Å². The highest BCUT2D eigenvalue weighted by molar-refractivity contribution is 5.75. The summed E-state index contributed by atoms with van der Waals surface area (Å²) < 4.78 is 35.8. The molecule has 0 saturated heterocycles. The molecule has 1 rings (SSSR count). The number of aromatic nitrogens is 2. The molecule has 0 saturated carbocycles. The van der Waals surface area contributed by atoms with Crippen LogP contribution in [0.5, 0.6) is 0 Å². The molecule has 0 aliphatic rings. The first-order valence-corrected chi connectivity index (χ1v) is 3.04. The maximum absolute atomic E-state index is 12.0. The summed E-state index contributed by atoms with van der Waals surface area (Å²) in [4.78, 5) is 10.1. The van der Waals surface area contributed by atoms with Crippen LogP contribution >= 0.6 is 0 Å². The van der Waals surface area contributed by atoms with Gasteiger partial charge in [-0.15, -0.1) is 13.2 Å².